The van der Waals surface area contributed by atoms with E-state index in [4.69, 9.17) is 4.99 Å². The van der Waals surface area contributed by atoms with E-state index in [1.54, 1.807) is 18.2 Å². The number of hydrogen-bond acceptors (Lipinski definition) is 3. The summed E-state index contributed by atoms with van der Waals surface area (Å²) in [5.74, 6) is 7.76. The molecular weight excluding hydrogens is 336 g/mol. The summed E-state index contributed by atoms with van der Waals surface area (Å²) in [7, 11) is 4.09. The number of fused-ring (bicyclic) bond motifs is 1. The number of phenols is 1. The summed E-state index contributed by atoms with van der Waals surface area (Å²) in [6, 6.07) is 6.99. The summed E-state index contributed by atoms with van der Waals surface area (Å²) >= 11 is 0. The van der Waals surface area contributed by atoms with Gasteiger partial charge in [0.25, 0.3) is 0 Å². The summed E-state index contributed by atoms with van der Waals surface area (Å²) in [4.78, 5) is 10.3. The quantitative estimate of drug-likeness (QED) is 0.733. The molecule has 1 aromatic heterocycles. The number of aliphatic imine (C=N–C) groups is 1. The van der Waals surface area contributed by atoms with Gasteiger partial charge in [0.05, 0.1) is 17.7 Å². The predicted molar refractivity (Wildman–Crippen MR) is 110 cm³/mol. The van der Waals surface area contributed by atoms with Crippen molar-refractivity contribution in [3.63, 3.8) is 0 Å². The minimum atomic E-state index is 0.220. The van der Waals surface area contributed by atoms with Crippen LogP contribution in [0, 0.1) is 11.8 Å². The van der Waals surface area contributed by atoms with Crippen LogP contribution in [0.3, 0.4) is 0 Å². The molecule has 5 heteroatoms. The first-order valence-electron chi connectivity index (χ1n) is 9.23. The molecule has 1 atom stereocenters. The van der Waals surface area contributed by atoms with Crippen LogP contribution in [0.25, 0.3) is 0 Å². The molecule has 1 aliphatic rings. The fourth-order valence-electron chi connectivity index (χ4n) is 3.05. The summed E-state index contributed by atoms with van der Waals surface area (Å²) < 4.78 is 0. The lowest BCUT2D eigenvalue weighted by Crippen LogP contribution is -2.22. The Bertz CT molecular complexity index is 912. The van der Waals surface area contributed by atoms with Crippen molar-refractivity contribution in [2.24, 2.45) is 4.99 Å². The largest absolute Gasteiger partial charge is 0.508 e. The molecule has 0 radical (unpaired) electrons. The Morgan fingerprint density at radius 1 is 1.26 bits per heavy atom. The average molecular weight is 362 g/mol. The maximum Gasteiger partial charge on any atom is 0.135 e. The number of aromatic hydroxyl groups is 1. The molecule has 140 valence electrons. The Balaban J connectivity index is 1.99. The molecule has 0 amide bonds. The Morgan fingerprint density at radius 2 is 2.11 bits per heavy atom. The highest BCUT2D eigenvalue weighted by Gasteiger charge is 2.22. The number of amidine groups is 1. The zero-order valence-electron chi connectivity index (χ0n) is 16.1. The van der Waals surface area contributed by atoms with Crippen LogP contribution in [0.5, 0.6) is 5.75 Å². The Morgan fingerprint density at radius 3 is 2.85 bits per heavy atom. The third kappa shape index (κ3) is 4.60. The number of aromatic nitrogens is 1. The van der Waals surface area contributed by atoms with Crippen LogP contribution in [-0.2, 0) is 0 Å². The molecule has 27 heavy (non-hydrogen) atoms. The number of nitrogens with zero attached hydrogens (tertiary/aromatic N) is 2. The van der Waals surface area contributed by atoms with Gasteiger partial charge in [-0.3, -0.25) is 4.99 Å². The second kappa shape index (κ2) is 8.61. The van der Waals surface area contributed by atoms with Gasteiger partial charge in [0.1, 0.15) is 11.6 Å². The zero-order chi connectivity index (χ0) is 19.2. The highest BCUT2D eigenvalue weighted by Crippen LogP contribution is 2.28. The fraction of sp³-hybridized carbons (Fsp3) is 0.318. The molecule has 0 spiro atoms. The Kier molecular flexibility index (Phi) is 6.00. The molecule has 1 aromatic carbocycles. The van der Waals surface area contributed by atoms with E-state index in [9.17, 15) is 5.11 Å². The van der Waals surface area contributed by atoms with Gasteiger partial charge in [0.15, 0.2) is 0 Å². The number of rotatable bonds is 4. The molecule has 1 unspecified atom stereocenters. The highest BCUT2D eigenvalue weighted by molar-refractivity contribution is 6.03. The normalized spacial score (nSPS) is 17.2. The number of likely N-dealkylation sites (N-methyl/N-ethyl adjacent to an activating group) is 1. The SMILES string of the molecule is CCC1C=CNC(=NCCN(C)C)c2c(C#Cc3cccc(O)c3)c[nH]c21. The molecule has 1 aliphatic heterocycles. The lowest BCUT2D eigenvalue weighted by Gasteiger charge is -2.11. The minimum Gasteiger partial charge on any atom is -0.508 e. The van der Waals surface area contributed by atoms with Crippen LogP contribution in [0.15, 0.2) is 47.7 Å². The van der Waals surface area contributed by atoms with Gasteiger partial charge in [0, 0.05) is 29.9 Å². The van der Waals surface area contributed by atoms with Gasteiger partial charge < -0.3 is 20.3 Å². The molecule has 0 bridgehead atoms. The summed E-state index contributed by atoms with van der Waals surface area (Å²) in [6.07, 6.45) is 7.08. The van der Waals surface area contributed by atoms with Crippen molar-refractivity contribution in [2.75, 3.05) is 27.2 Å². The van der Waals surface area contributed by atoms with Crippen LogP contribution in [-0.4, -0.2) is 48.0 Å². The summed E-state index contributed by atoms with van der Waals surface area (Å²) in [6.45, 7) is 3.77. The minimum absolute atomic E-state index is 0.220. The molecule has 2 heterocycles. The van der Waals surface area contributed by atoms with Crippen molar-refractivity contribution >= 4 is 5.84 Å². The van der Waals surface area contributed by atoms with E-state index in [0.717, 1.165) is 41.2 Å². The molecule has 0 saturated carbocycles. The van der Waals surface area contributed by atoms with Crippen LogP contribution >= 0.6 is 0 Å². The number of nitrogens with one attached hydrogen (secondary N) is 2. The maximum absolute atomic E-state index is 9.63. The number of allylic oxidation sites excluding steroid dienone is 1. The Hall–Kier alpha value is -2.97. The van der Waals surface area contributed by atoms with E-state index < -0.39 is 0 Å². The molecule has 2 aromatic rings. The fourth-order valence-corrected chi connectivity index (χ4v) is 3.05. The van der Waals surface area contributed by atoms with E-state index in [-0.39, 0.29) is 5.75 Å². The Labute approximate surface area is 160 Å². The van der Waals surface area contributed by atoms with Crippen molar-refractivity contribution in [1.29, 1.82) is 0 Å². The van der Waals surface area contributed by atoms with Crippen molar-refractivity contribution in [1.82, 2.24) is 15.2 Å². The van der Waals surface area contributed by atoms with Crippen molar-refractivity contribution in [2.45, 2.75) is 19.3 Å². The number of aromatic amines is 1. The van der Waals surface area contributed by atoms with Crippen molar-refractivity contribution < 1.29 is 5.11 Å². The molecule has 0 saturated heterocycles. The smallest absolute Gasteiger partial charge is 0.135 e. The van der Waals surface area contributed by atoms with Crippen LogP contribution in [0.1, 0.15) is 41.6 Å². The second-order valence-corrected chi connectivity index (χ2v) is 6.84. The molecule has 3 rings (SSSR count). The van der Waals surface area contributed by atoms with E-state index in [1.165, 1.54) is 0 Å². The molecule has 0 aliphatic carbocycles. The maximum atomic E-state index is 9.63. The monoisotopic (exact) mass is 362 g/mol. The van der Waals surface area contributed by atoms with Crippen LogP contribution in [0.2, 0.25) is 0 Å². The lowest BCUT2D eigenvalue weighted by atomic mass is 9.97. The van der Waals surface area contributed by atoms with Crippen molar-refractivity contribution in [3.05, 3.63) is 65.1 Å². The topological polar surface area (TPSA) is 63.6 Å². The van der Waals surface area contributed by atoms with E-state index in [1.807, 2.05) is 32.6 Å². The zero-order valence-corrected chi connectivity index (χ0v) is 16.1. The van der Waals surface area contributed by atoms with Gasteiger partial charge in [-0.15, -0.1) is 0 Å². The first-order chi connectivity index (χ1) is 13.1. The van der Waals surface area contributed by atoms with Gasteiger partial charge in [0.2, 0.25) is 0 Å². The van der Waals surface area contributed by atoms with E-state index in [2.05, 4.69) is 40.0 Å². The van der Waals surface area contributed by atoms with Gasteiger partial charge in [-0.25, -0.2) is 0 Å². The number of phenolic OH excluding ortho intramolecular Hbond substituents is 1. The lowest BCUT2D eigenvalue weighted by molar-refractivity contribution is 0.420. The van der Waals surface area contributed by atoms with Gasteiger partial charge in [-0.05, 0) is 44.9 Å². The third-order valence-corrected chi connectivity index (χ3v) is 4.51. The first kappa shape index (κ1) is 18.8. The summed E-state index contributed by atoms with van der Waals surface area (Å²) in [5, 5.41) is 13.0. The van der Waals surface area contributed by atoms with Crippen LogP contribution in [0.4, 0.5) is 0 Å². The predicted octanol–water partition coefficient (Wildman–Crippen LogP) is 3.04. The van der Waals surface area contributed by atoms with Crippen LogP contribution < -0.4 is 5.32 Å². The first-order valence-corrected chi connectivity index (χ1v) is 9.23. The number of benzene rings is 1. The third-order valence-electron chi connectivity index (χ3n) is 4.51. The van der Waals surface area contributed by atoms with Gasteiger partial charge >= 0.3 is 0 Å². The average Bonchev–Trinajstić information content (AvgIpc) is 2.97. The molecule has 0 fully saturated rings. The number of H-pyrrole nitrogens is 1. The van der Waals surface area contributed by atoms with Crippen molar-refractivity contribution in [3.8, 4) is 17.6 Å². The number of hydrogen-bond donors (Lipinski definition) is 3. The highest BCUT2D eigenvalue weighted by atomic mass is 16.3. The molecule has 3 N–H and O–H groups in total. The van der Waals surface area contributed by atoms with Gasteiger partial charge in [-0.1, -0.05) is 30.9 Å². The molecule has 5 nitrogen and oxygen atoms in total. The van der Waals surface area contributed by atoms with E-state index >= 15 is 0 Å². The van der Waals surface area contributed by atoms with E-state index in [0.29, 0.717) is 12.5 Å². The molecular formula is C22H26N4O. The van der Waals surface area contributed by atoms with Gasteiger partial charge in [-0.2, -0.15) is 0 Å². The summed E-state index contributed by atoms with van der Waals surface area (Å²) in [5.41, 5.74) is 3.87. The second-order valence-electron chi connectivity index (χ2n) is 6.84. The standard InChI is InChI=1S/C22H26N4O/c1-4-17-10-11-23-22(24-12-13-26(2)3)20-18(15-25-21(17)20)9-8-16-6-5-7-19(27)14-16/h5-7,10-11,14-15,17,25,27H,4,12-13H2,1-3H3,(H,23,24).